The average molecular weight is 296 g/mol. The predicted molar refractivity (Wildman–Crippen MR) is 72.0 cm³/mol. The summed E-state index contributed by atoms with van der Waals surface area (Å²) in [4.78, 5) is 4.46. The van der Waals surface area contributed by atoms with E-state index in [1.807, 2.05) is 28.9 Å². The monoisotopic (exact) mass is 295 g/mol. The van der Waals surface area contributed by atoms with Crippen LogP contribution in [0.3, 0.4) is 0 Å². The number of thioether (sulfide) groups is 1. The van der Waals surface area contributed by atoms with Gasteiger partial charge < -0.3 is 14.6 Å². The van der Waals surface area contributed by atoms with Crippen molar-refractivity contribution >= 4 is 29.0 Å². The van der Waals surface area contributed by atoms with Crippen LogP contribution in [-0.4, -0.2) is 19.6 Å². The SMILES string of the molecule is NCc1nnc(SCc2cn3cc(Cl)ccc3n2)o1. The molecule has 0 bridgehead atoms. The highest BCUT2D eigenvalue weighted by Gasteiger charge is 2.08. The number of halogens is 1. The lowest BCUT2D eigenvalue weighted by molar-refractivity contribution is 0.414. The molecule has 0 fully saturated rings. The van der Waals surface area contributed by atoms with Gasteiger partial charge in [0.1, 0.15) is 5.65 Å². The summed E-state index contributed by atoms with van der Waals surface area (Å²) in [6.45, 7) is 0.250. The van der Waals surface area contributed by atoms with Crippen LogP contribution in [0.1, 0.15) is 11.6 Å². The van der Waals surface area contributed by atoms with E-state index >= 15 is 0 Å². The maximum Gasteiger partial charge on any atom is 0.277 e. The fourth-order valence-corrected chi connectivity index (χ4v) is 2.43. The normalized spacial score (nSPS) is 11.3. The molecule has 0 aliphatic heterocycles. The second kappa shape index (κ2) is 5.20. The van der Waals surface area contributed by atoms with Crippen LogP contribution in [0.15, 0.2) is 34.2 Å². The molecule has 19 heavy (non-hydrogen) atoms. The molecule has 0 spiro atoms. The van der Waals surface area contributed by atoms with E-state index in [9.17, 15) is 0 Å². The second-order valence-electron chi connectivity index (χ2n) is 3.80. The molecule has 3 heterocycles. The molecule has 0 saturated carbocycles. The Balaban J connectivity index is 1.74. The van der Waals surface area contributed by atoms with E-state index in [0.717, 1.165) is 11.3 Å². The minimum Gasteiger partial charge on any atom is -0.415 e. The van der Waals surface area contributed by atoms with Gasteiger partial charge in [-0.25, -0.2) is 4.98 Å². The number of rotatable bonds is 4. The summed E-state index contributed by atoms with van der Waals surface area (Å²) in [5.41, 5.74) is 7.17. The zero-order valence-electron chi connectivity index (χ0n) is 9.78. The summed E-state index contributed by atoms with van der Waals surface area (Å²) in [5, 5.41) is 8.85. The van der Waals surface area contributed by atoms with Crippen LogP contribution >= 0.6 is 23.4 Å². The molecule has 0 aliphatic rings. The fourth-order valence-electron chi connectivity index (χ4n) is 1.60. The fraction of sp³-hybridized carbons (Fsp3) is 0.182. The first kappa shape index (κ1) is 12.5. The Kier molecular flexibility index (Phi) is 3.41. The summed E-state index contributed by atoms with van der Waals surface area (Å²) in [6, 6.07) is 3.68. The van der Waals surface area contributed by atoms with E-state index in [4.69, 9.17) is 21.8 Å². The molecule has 0 aromatic carbocycles. The van der Waals surface area contributed by atoms with Gasteiger partial charge in [0.2, 0.25) is 5.89 Å². The first-order valence-corrected chi connectivity index (χ1v) is 6.89. The number of hydrogen-bond donors (Lipinski definition) is 1. The molecular formula is C11H10ClN5OS. The highest BCUT2D eigenvalue weighted by Crippen LogP contribution is 2.21. The molecule has 3 aromatic heterocycles. The van der Waals surface area contributed by atoms with Crippen molar-refractivity contribution in [3.8, 4) is 0 Å². The Morgan fingerprint density at radius 2 is 2.21 bits per heavy atom. The number of pyridine rings is 1. The van der Waals surface area contributed by atoms with E-state index < -0.39 is 0 Å². The van der Waals surface area contributed by atoms with Crippen molar-refractivity contribution in [2.24, 2.45) is 5.73 Å². The molecular weight excluding hydrogens is 286 g/mol. The standard InChI is InChI=1S/C11H10ClN5OS/c12-7-1-2-9-14-8(5-17(9)4-7)6-19-11-16-15-10(3-13)18-11/h1-2,4-5H,3,6,13H2. The maximum atomic E-state index is 5.92. The summed E-state index contributed by atoms with van der Waals surface area (Å²) in [7, 11) is 0. The quantitative estimate of drug-likeness (QED) is 0.742. The number of hydrogen-bond acceptors (Lipinski definition) is 6. The Labute approximate surface area is 118 Å². The van der Waals surface area contributed by atoms with Crippen molar-refractivity contribution in [3.63, 3.8) is 0 Å². The molecule has 98 valence electrons. The highest BCUT2D eigenvalue weighted by molar-refractivity contribution is 7.98. The Bertz CT molecular complexity index is 710. The van der Waals surface area contributed by atoms with Crippen LogP contribution in [0.25, 0.3) is 5.65 Å². The molecule has 0 radical (unpaired) electrons. The zero-order valence-corrected chi connectivity index (χ0v) is 11.4. The third-order valence-electron chi connectivity index (χ3n) is 2.43. The van der Waals surface area contributed by atoms with Gasteiger partial charge in [-0.3, -0.25) is 0 Å². The molecule has 3 rings (SSSR count). The van der Waals surface area contributed by atoms with Gasteiger partial charge in [-0.2, -0.15) is 0 Å². The van der Waals surface area contributed by atoms with Gasteiger partial charge in [-0.1, -0.05) is 23.4 Å². The predicted octanol–water partition coefficient (Wildman–Crippen LogP) is 2.12. The van der Waals surface area contributed by atoms with Crippen molar-refractivity contribution < 1.29 is 4.42 Å². The van der Waals surface area contributed by atoms with E-state index in [-0.39, 0.29) is 6.54 Å². The molecule has 0 aliphatic carbocycles. The van der Waals surface area contributed by atoms with Gasteiger partial charge in [0, 0.05) is 18.1 Å². The van der Waals surface area contributed by atoms with Crippen LogP contribution in [0, 0.1) is 0 Å². The van der Waals surface area contributed by atoms with Gasteiger partial charge >= 0.3 is 0 Å². The van der Waals surface area contributed by atoms with Crippen molar-refractivity contribution in [2.75, 3.05) is 0 Å². The first-order chi connectivity index (χ1) is 9.24. The molecule has 0 amide bonds. The molecule has 8 heteroatoms. The number of fused-ring (bicyclic) bond motifs is 1. The van der Waals surface area contributed by atoms with Gasteiger partial charge in [-0.15, -0.1) is 10.2 Å². The maximum absolute atomic E-state index is 5.92. The van der Waals surface area contributed by atoms with Crippen molar-refractivity contribution in [2.45, 2.75) is 17.5 Å². The van der Waals surface area contributed by atoms with Crippen LogP contribution < -0.4 is 5.73 Å². The number of nitrogens with zero attached hydrogens (tertiary/aromatic N) is 4. The van der Waals surface area contributed by atoms with Crippen LogP contribution in [0.5, 0.6) is 0 Å². The largest absolute Gasteiger partial charge is 0.415 e. The van der Waals surface area contributed by atoms with E-state index in [2.05, 4.69) is 15.2 Å². The summed E-state index contributed by atoms with van der Waals surface area (Å²) >= 11 is 7.35. The van der Waals surface area contributed by atoms with Crippen molar-refractivity contribution in [3.05, 3.63) is 41.1 Å². The highest BCUT2D eigenvalue weighted by atomic mass is 35.5. The summed E-state index contributed by atoms with van der Waals surface area (Å²) in [5.74, 6) is 1.08. The minimum atomic E-state index is 0.250. The molecule has 0 unspecified atom stereocenters. The third kappa shape index (κ3) is 2.73. The van der Waals surface area contributed by atoms with Crippen LogP contribution in [0.2, 0.25) is 5.02 Å². The van der Waals surface area contributed by atoms with Crippen molar-refractivity contribution in [1.82, 2.24) is 19.6 Å². The number of imidazole rings is 1. The van der Waals surface area contributed by atoms with Crippen LogP contribution in [-0.2, 0) is 12.3 Å². The molecule has 6 nitrogen and oxygen atoms in total. The Morgan fingerprint density at radius 1 is 1.32 bits per heavy atom. The lowest BCUT2D eigenvalue weighted by Gasteiger charge is -1.91. The first-order valence-electron chi connectivity index (χ1n) is 5.53. The third-order valence-corrected chi connectivity index (χ3v) is 3.51. The van der Waals surface area contributed by atoms with Crippen LogP contribution in [0.4, 0.5) is 0 Å². The molecule has 0 atom stereocenters. The second-order valence-corrected chi connectivity index (χ2v) is 5.16. The Hall–Kier alpha value is -1.57. The summed E-state index contributed by atoms with van der Waals surface area (Å²) < 4.78 is 7.19. The molecule has 3 aromatic rings. The zero-order chi connectivity index (χ0) is 13.2. The van der Waals surface area contributed by atoms with Gasteiger partial charge in [-0.05, 0) is 12.1 Å². The summed E-state index contributed by atoms with van der Waals surface area (Å²) in [6.07, 6.45) is 3.74. The lowest BCUT2D eigenvalue weighted by Crippen LogP contribution is -1.95. The minimum absolute atomic E-state index is 0.250. The Morgan fingerprint density at radius 3 is 3.00 bits per heavy atom. The average Bonchev–Trinajstić information content (AvgIpc) is 3.01. The molecule has 2 N–H and O–H groups in total. The van der Waals surface area contributed by atoms with E-state index in [0.29, 0.717) is 21.9 Å². The molecule has 0 saturated heterocycles. The van der Waals surface area contributed by atoms with Crippen molar-refractivity contribution in [1.29, 1.82) is 0 Å². The van der Waals surface area contributed by atoms with E-state index in [1.165, 1.54) is 11.8 Å². The number of aromatic nitrogens is 4. The van der Waals surface area contributed by atoms with Gasteiger partial charge in [0.05, 0.1) is 17.3 Å². The van der Waals surface area contributed by atoms with Gasteiger partial charge in [0.15, 0.2) is 0 Å². The van der Waals surface area contributed by atoms with Gasteiger partial charge in [0.25, 0.3) is 5.22 Å². The lowest BCUT2D eigenvalue weighted by atomic mass is 10.5. The van der Waals surface area contributed by atoms with E-state index in [1.54, 1.807) is 0 Å². The smallest absolute Gasteiger partial charge is 0.277 e. The number of nitrogens with two attached hydrogens (primary N) is 1. The topological polar surface area (TPSA) is 82.2 Å².